The molecule has 27 heavy (non-hydrogen) atoms. The molecule has 0 saturated heterocycles. The van der Waals surface area contributed by atoms with E-state index in [-0.39, 0.29) is 11.6 Å². The summed E-state index contributed by atoms with van der Waals surface area (Å²) in [6.45, 7) is 0. The zero-order valence-electron chi connectivity index (χ0n) is 15.6. The molecule has 6 nitrogen and oxygen atoms in total. The summed E-state index contributed by atoms with van der Waals surface area (Å²) in [5, 5.41) is 20.9. The second kappa shape index (κ2) is 7.30. The lowest BCUT2D eigenvalue weighted by Gasteiger charge is -2.21. The van der Waals surface area contributed by atoms with Crippen LogP contribution in [0.5, 0.6) is 11.6 Å². The van der Waals surface area contributed by atoms with Gasteiger partial charge in [0.15, 0.2) is 0 Å². The Balaban J connectivity index is 1.95. The maximum atomic E-state index is 13.9. The number of aromatic nitrogens is 3. The van der Waals surface area contributed by atoms with Gasteiger partial charge in [0, 0.05) is 30.0 Å². The topological polar surface area (TPSA) is 80.2 Å². The number of hydrogen-bond donors (Lipinski definition) is 2. The minimum Gasteiger partial charge on any atom is -0.507 e. The number of nitrogens with one attached hydrogen (secondary N) is 1. The Bertz CT molecular complexity index is 965. The largest absolute Gasteiger partial charge is 0.507 e. The average molecular weight is 362 g/mol. The molecule has 0 aliphatic carbocycles. The maximum absolute atomic E-state index is 13.9. The normalized spacial score (nSPS) is 11.2. The Morgan fingerprint density at radius 2 is 1.81 bits per heavy atom. The second-order valence-corrected chi connectivity index (χ2v) is 7.02. The van der Waals surface area contributed by atoms with Crippen molar-refractivity contribution in [3.05, 3.63) is 48.4 Å². The summed E-state index contributed by atoms with van der Waals surface area (Å²) in [4.78, 5) is 3.77. The molecule has 0 saturated carbocycles. The van der Waals surface area contributed by atoms with E-state index < -0.39 is 11.2 Å². The highest BCUT2D eigenvalue weighted by atomic mass is 19.1. The van der Waals surface area contributed by atoms with Crippen molar-refractivity contribution in [1.82, 2.24) is 15.2 Å². The van der Waals surface area contributed by atoms with Gasteiger partial charge < -0.3 is 15.2 Å². The molecule has 10 heteroatoms. The average Bonchev–Trinajstić information content (AvgIpc) is 2.60. The van der Waals surface area contributed by atoms with Crippen molar-refractivity contribution < 1.29 is 14.2 Å². The Morgan fingerprint density at radius 3 is 2.41 bits per heavy atom. The Hall–Kier alpha value is -3.03. The number of ether oxygens (including phenoxy) is 1. The van der Waals surface area contributed by atoms with Crippen LogP contribution in [0.2, 0.25) is 0 Å². The summed E-state index contributed by atoms with van der Waals surface area (Å²) >= 11 is 0. The highest BCUT2D eigenvalue weighted by Gasteiger charge is 2.16. The van der Waals surface area contributed by atoms with Gasteiger partial charge in [0.1, 0.15) is 35.1 Å². The first kappa shape index (κ1) is 18.8. The van der Waals surface area contributed by atoms with Gasteiger partial charge in [0.05, 0.1) is 5.69 Å². The summed E-state index contributed by atoms with van der Waals surface area (Å²) in [5.74, 6) is 0.196. The van der Waals surface area contributed by atoms with Crippen molar-refractivity contribution in [1.29, 1.82) is 0 Å². The number of anilines is 1. The lowest BCUT2D eigenvalue weighted by molar-refractivity contribution is 0.300. The summed E-state index contributed by atoms with van der Waals surface area (Å²) in [6.07, 6.45) is 0. The molecule has 2 aromatic heterocycles. The van der Waals surface area contributed by atoms with Gasteiger partial charge in [-0.1, -0.05) is 6.07 Å². The number of hydrogen-bond acceptors (Lipinski definition) is 6. The number of phenols is 1. The van der Waals surface area contributed by atoms with Crippen LogP contribution >= 0.6 is 0 Å². The number of aromatic hydroxyl groups is 1. The van der Waals surface area contributed by atoms with E-state index >= 15 is 0 Å². The third-order valence-electron chi connectivity index (χ3n) is 3.71. The van der Waals surface area contributed by atoms with Crippen LogP contribution in [0.3, 0.4) is 0 Å². The Labute approximate surface area is 159 Å². The highest BCUT2D eigenvalue weighted by molar-refractivity contribution is 6.58. The van der Waals surface area contributed by atoms with Crippen LogP contribution in [0.1, 0.15) is 0 Å². The van der Waals surface area contributed by atoms with Crippen LogP contribution < -0.4 is 10.1 Å². The van der Waals surface area contributed by atoms with E-state index in [4.69, 9.17) is 4.74 Å². The second-order valence-electron chi connectivity index (χ2n) is 7.02. The summed E-state index contributed by atoms with van der Waals surface area (Å²) < 4.78 is 19.6. The van der Waals surface area contributed by atoms with E-state index in [1.165, 1.54) is 6.07 Å². The van der Waals surface area contributed by atoms with Crippen LogP contribution in [0.25, 0.3) is 22.4 Å². The molecular weight excluding hydrogens is 344 g/mol. The number of rotatable bonds is 5. The molecule has 0 radical (unpaired) electrons. The maximum Gasteiger partial charge on any atom is 0.216 e. The summed E-state index contributed by atoms with van der Waals surface area (Å²) in [5.41, 5.74) is 2.27. The van der Waals surface area contributed by atoms with Gasteiger partial charge in [-0.15, -0.1) is 10.2 Å². The first-order valence-corrected chi connectivity index (χ1v) is 8.47. The van der Waals surface area contributed by atoms with E-state index in [1.807, 2.05) is 23.5 Å². The molecule has 2 heterocycles. The van der Waals surface area contributed by atoms with Crippen molar-refractivity contribution in [3.63, 3.8) is 0 Å². The van der Waals surface area contributed by atoms with Gasteiger partial charge in [0.2, 0.25) is 11.8 Å². The Kier molecular flexibility index (Phi) is 5.07. The van der Waals surface area contributed by atoms with Crippen LogP contribution in [0.15, 0.2) is 42.5 Å². The molecule has 0 bridgehead atoms. The first-order chi connectivity index (χ1) is 12.7. The van der Waals surface area contributed by atoms with Crippen molar-refractivity contribution >= 4 is 29.4 Å². The SMILES string of the molecule is BC(B)(B)Oc1cc(-c2ccc(-c3ccc(NC)nn3)c(O)c2)cc(F)n1. The first-order valence-electron chi connectivity index (χ1n) is 8.47. The van der Waals surface area contributed by atoms with E-state index in [0.29, 0.717) is 28.2 Å². The van der Waals surface area contributed by atoms with Crippen LogP contribution in [0.4, 0.5) is 10.2 Å². The Morgan fingerprint density at radius 1 is 1.04 bits per heavy atom. The van der Waals surface area contributed by atoms with Gasteiger partial charge >= 0.3 is 0 Å². The standard InChI is InChI=1S/C17H18B3FN4O2/c1-22-15-5-4-12(24-25-15)11-3-2-9(6-13(11)26)10-7-14(21)23-16(8-10)27-17(18,19)20/h2-8,26H,18-20H2,1H3,(H,22,25). The third kappa shape index (κ3) is 4.58. The van der Waals surface area contributed by atoms with E-state index in [1.54, 1.807) is 43.4 Å². The summed E-state index contributed by atoms with van der Waals surface area (Å²) in [6, 6.07) is 11.5. The zero-order valence-corrected chi connectivity index (χ0v) is 15.6. The van der Waals surface area contributed by atoms with Crippen molar-refractivity contribution in [2.45, 2.75) is 5.30 Å². The van der Waals surface area contributed by atoms with Crippen molar-refractivity contribution in [2.75, 3.05) is 12.4 Å². The molecular formula is C17H18B3FN4O2. The number of pyridine rings is 1. The van der Waals surface area contributed by atoms with Gasteiger partial charge in [-0.25, -0.2) is 0 Å². The third-order valence-corrected chi connectivity index (χ3v) is 3.71. The number of benzene rings is 1. The molecule has 0 unspecified atom stereocenters. The predicted molar refractivity (Wildman–Crippen MR) is 111 cm³/mol. The highest BCUT2D eigenvalue weighted by Crippen LogP contribution is 2.33. The summed E-state index contributed by atoms with van der Waals surface area (Å²) in [7, 11) is 7.34. The van der Waals surface area contributed by atoms with Crippen LogP contribution in [-0.4, -0.2) is 56.2 Å². The molecule has 0 spiro atoms. The van der Waals surface area contributed by atoms with Crippen molar-refractivity contribution in [2.24, 2.45) is 0 Å². The fraction of sp³-hybridized carbons (Fsp3) is 0.118. The predicted octanol–water partition coefficient (Wildman–Crippen LogP) is -0.0186. The van der Waals surface area contributed by atoms with Crippen LogP contribution in [-0.2, 0) is 0 Å². The monoisotopic (exact) mass is 362 g/mol. The van der Waals surface area contributed by atoms with Gasteiger partial charge in [0.25, 0.3) is 0 Å². The van der Waals surface area contributed by atoms with Gasteiger partial charge in [-0.2, -0.15) is 9.37 Å². The molecule has 1 aromatic carbocycles. The smallest absolute Gasteiger partial charge is 0.216 e. The number of nitrogens with zero attached hydrogens (tertiary/aromatic N) is 3. The molecule has 0 atom stereocenters. The molecule has 134 valence electrons. The van der Waals surface area contributed by atoms with E-state index in [0.717, 1.165) is 0 Å². The van der Waals surface area contributed by atoms with E-state index in [2.05, 4.69) is 20.5 Å². The van der Waals surface area contributed by atoms with Gasteiger partial charge in [-0.05, 0) is 35.4 Å². The molecule has 2 N–H and O–H groups in total. The molecule has 0 amide bonds. The number of phenolic OH excluding ortho intramolecular Hbond substituents is 1. The van der Waals surface area contributed by atoms with Crippen LogP contribution in [0, 0.1) is 5.95 Å². The fourth-order valence-corrected chi connectivity index (χ4v) is 2.54. The molecule has 0 aliphatic heterocycles. The lowest BCUT2D eigenvalue weighted by Crippen LogP contribution is -2.37. The minimum absolute atomic E-state index is 0.0227. The lowest BCUT2D eigenvalue weighted by atomic mass is 9.52. The van der Waals surface area contributed by atoms with Gasteiger partial charge in [-0.3, -0.25) is 0 Å². The van der Waals surface area contributed by atoms with Crippen molar-refractivity contribution in [3.8, 4) is 34.0 Å². The quantitative estimate of drug-likeness (QED) is 0.491. The molecule has 3 rings (SSSR count). The van der Waals surface area contributed by atoms with E-state index in [9.17, 15) is 9.50 Å². The number of halogens is 1. The minimum atomic E-state index is -0.649. The molecule has 0 aliphatic rings. The fourth-order valence-electron chi connectivity index (χ4n) is 2.54. The zero-order chi connectivity index (χ0) is 19.6. The molecule has 3 aromatic rings. The molecule has 0 fully saturated rings.